The first-order valence-corrected chi connectivity index (χ1v) is 4.41. The first kappa shape index (κ1) is 14.7. The number of aliphatic hydroxyl groups is 1. The maximum atomic E-state index is 10.3. The van der Waals surface area contributed by atoms with Crippen LogP contribution in [-0.4, -0.2) is 43.6 Å². The summed E-state index contributed by atoms with van der Waals surface area (Å²) in [4.78, 5) is 19.7. The van der Waals surface area contributed by atoms with E-state index in [0.29, 0.717) is 0 Å². The lowest BCUT2D eigenvalue weighted by Crippen LogP contribution is -2.13. The first-order valence-electron chi connectivity index (χ1n) is 4.41. The number of hydrogen-bond donors (Lipinski definition) is 5. The maximum Gasteiger partial charge on any atom is 0.335 e. The molecule has 0 amide bonds. The van der Waals surface area contributed by atoms with Crippen molar-refractivity contribution in [1.29, 1.82) is 0 Å². The highest BCUT2D eigenvalue weighted by atomic mass is 16.4. The van der Waals surface area contributed by atoms with E-state index in [9.17, 15) is 9.59 Å². The molecule has 0 saturated heterocycles. The van der Waals surface area contributed by atoms with Gasteiger partial charge in [-0.05, 0) is 19.1 Å². The van der Waals surface area contributed by atoms with E-state index >= 15 is 0 Å². The fourth-order valence-electron chi connectivity index (χ4n) is 0.719. The first-order chi connectivity index (χ1) is 7.73. The van der Waals surface area contributed by atoms with Crippen molar-refractivity contribution in [3.63, 3.8) is 0 Å². The van der Waals surface area contributed by atoms with Crippen molar-refractivity contribution in [2.45, 2.75) is 13.0 Å². The highest BCUT2D eigenvalue weighted by molar-refractivity contribution is 5.88. The number of carbonyl (C=O) groups is 2. The largest absolute Gasteiger partial charge is 0.508 e. The van der Waals surface area contributed by atoms with Crippen LogP contribution in [0.1, 0.15) is 17.3 Å². The Kier molecular flexibility index (Phi) is 5.48. The van der Waals surface area contributed by atoms with Gasteiger partial charge in [-0.3, -0.25) is 0 Å². The third kappa shape index (κ3) is 6.00. The quantitative estimate of drug-likeness (QED) is 0.503. The number of carboxylic acids is 2. The zero-order valence-electron chi connectivity index (χ0n) is 8.86. The Morgan fingerprint density at radius 3 is 1.65 bits per heavy atom. The normalized spacial score (nSPS) is 10.9. The van der Waals surface area contributed by atoms with Crippen molar-refractivity contribution in [2.24, 2.45) is 0 Å². The van der Waals surface area contributed by atoms with Crippen LogP contribution < -0.4 is 0 Å². The molecule has 94 valence electrons. The molecule has 0 aliphatic heterocycles. The molecule has 0 aromatic heterocycles. The average Bonchev–Trinajstić information content (AvgIpc) is 2.16. The van der Waals surface area contributed by atoms with E-state index in [2.05, 4.69) is 0 Å². The number of aromatic hydroxyl groups is 2. The molecule has 1 atom stereocenters. The molecule has 1 aromatic rings. The second kappa shape index (κ2) is 6.33. The second-order valence-corrected chi connectivity index (χ2v) is 3.06. The second-order valence-electron chi connectivity index (χ2n) is 3.06. The molecule has 0 bridgehead atoms. The standard InChI is InChI=1S/C7H6O4.C3H6O3/c8-5-1-4(7(10)11)2-6(9)3-5;1-2(4)3(5)6/h1-3,8-9H,(H,10,11);2,4H,1H3,(H,5,6). The average molecular weight is 244 g/mol. The van der Waals surface area contributed by atoms with Crippen LogP contribution in [0.5, 0.6) is 11.5 Å². The lowest BCUT2D eigenvalue weighted by molar-refractivity contribution is -0.145. The van der Waals surface area contributed by atoms with Gasteiger partial charge in [-0.15, -0.1) is 0 Å². The van der Waals surface area contributed by atoms with E-state index in [1.165, 1.54) is 6.92 Å². The molecule has 0 heterocycles. The van der Waals surface area contributed by atoms with E-state index in [-0.39, 0.29) is 17.1 Å². The molecular weight excluding hydrogens is 232 g/mol. The van der Waals surface area contributed by atoms with Crippen molar-refractivity contribution in [3.8, 4) is 11.5 Å². The Morgan fingerprint density at radius 1 is 1.06 bits per heavy atom. The summed E-state index contributed by atoms with van der Waals surface area (Å²) in [5, 5.41) is 41.8. The van der Waals surface area contributed by atoms with Gasteiger partial charge < -0.3 is 25.5 Å². The predicted molar refractivity (Wildman–Crippen MR) is 56.0 cm³/mol. The van der Waals surface area contributed by atoms with E-state index in [4.69, 9.17) is 25.5 Å². The summed E-state index contributed by atoms with van der Waals surface area (Å²) in [5.41, 5.74) is -0.137. The van der Waals surface area contributed by atoms with Crippen LogP contribution in [0.25, 0.3) is 0 Å². The fourth-order valence-corrected chi connectivity index (χ4v) is 0.719. The number of phenols is 2. The van der Waals surface area contributed by atoms with Crippen molar-refractivity contribution < 1.29 is 35.1 Å². The Morgan fingerprint density at radius 2 is 1.41 bits per heavy atom. The number of aromatic carboxylic acids is 1. The van der Waals surface area contributed by atoms with Gasteiger partial charge in [-0.2, -0.15) is 0 Å². The van der Waals surface area contributed by atoms with Gasteiger partial charge in [-0.25, -0.2) is 9.59 Å². The van der Waals surface area contributed by atoms with Crippen LogP contribution in [0.15, 0.2) is 18.2 Å². The molecule has 1 unspecified atom stereocenters. The molecule has 7 nitrogen and oxygen atoms in total. The summed E-state index contributed by atoms with van der Waals surface area (Å²) in [5.74, 6) is -2.89. The van der Waals surface area contributed by atoms with Crippen LogP contribution in [0.3, 0.4) is 0 Å². The van der Waals surface area contributed by atoms with Gasteiger partial charge in [0.2, 0.25) is 0 Å². The number of aliphatic hydroxyl groups excluding tert-OH is 1. The van der Waals surface area contributed by atoms with Crippen molar-refractivity contribution in [2.75, 3.05) is 0 Å². The van der Waals surface area contributed by atoms with Crippen molar-refractivity contribution in [3.05, 3.63) is 23.8 Å². The van der Waals surface area contributed by atoms with Crippen LogP contribution >= 0.6 is 0 Å². The smallest absolute Gasteiger partial charge is 0.335 e. The number of carboxylic acid groups (broad SMARTS) is 2. The van der Waals surface area contributed by atoms with E-state index in [1.807, 2.05) is 0 Å². The Bertz CT molecular complexity index is 391. The highest BCUT2D eigenvalue weighted by Crippen LogP contribution is 2.19. The molecule has 0 fully saturated rings. The summed E-state index contributed by atoms with van der Waals surface area (Å²) < 4.78 is 0. The zero-order chi connectivity index (χ0) is 13.6. The van der Waals surface area contributed by atoms with Crippen molar-refractivity contribution >= 4 is 11.9 Å². The zero-order valence-corrected chi connectivity index (χ0v) is 8.86. The minimum Gasteiger partial charge on any atom is -0.508 e. The molecule has 1 aromatic carbocycles. The Balaban J connectivity index is 0.000000366. The Labute approximate surface area is 96.2 Å². The predicted octanol–water partition coefficient (Wildman–Crippen LogP) is 0.248. The minimum atomic E-state index is -1.23. The van der Waals surface area contributed by atoms with Crippen LogP contribution in [0.4, 0.5) is 0 Å². The third-order valence-electron chi connectivity index (χ3n) is 1.51. The molecular formula is C10H12O7. The molecule has 17 heavy (non-hydrogen) atoms. The molecule has 0 radical (unpaired) electrons. The summed E-state index contributed by atoms with van der Waals surface area (Å²) in [6.45, 7) is 1.20. The summed E-state index contributed by atoms with van der Waals surface area (Å²) in [6.07, 6.45) is -1.23. The molecule has 0 aliphatic carbocycles. The topological polar surface area (TPSA) is 135 Å². The summed E-state index contributed by atoms with van der Waals surface area (Å²) in [6, 6.07) is 3.18. The molecule has 0 spiro atoms. The van der Waals surface area contributed by atoms with E-state index < -0.39 is 18.0 Å². The molecule has 0 saturated carbocycles. The van der Waals surface area contributed by atoms with Crippen LogP contribution in [0.2, 0.25) is 0 Å². The van der Waals surface area contributed by atoms with Crippen molar-refractivity contribution in [1.82, 2.24) is 0 Å². The lowest BCUT2D eigenvalue weighted by Gasteiger charge is -1.96. The van der Waals surface area contributed by atoms with Gasteiger partial charge in [-0.1, -0.05) is 0 Å². The molecule has 0 aliphatic rings. The third-order valence-corrected chi connectivity index (χ3v) is 1.51. The number of aliphatic carboxylic acids is 1. The molecule has 7 heteroatoms. The minimum absolute atomic E-state index is 0.137. The maximum absolute atomic E-state index is 10.3. The SMILES string of the molecule is CC(O)C(=O)O.O=C(O)c1cc(O)cc(O)c1. The number of hydrogen-bond acceptors (Lipinski definition) is 5. The molecule has 1 rings (SSSR count). The van der Waals surface area contributed by atoms with E-state index in [1.54, 1.807) is 0 Å². The van der Waals surface area contributed by atoms with Gasteiger partial charge in [0.15, 0.2) is 0 Å². The van der Waals surface area contributed by atoms with Gasteiger partial charge in [0.05, 0.1) is 5.56 Å². The number of benzene rings is 1. The monoisotopic (exact) mass is 244 g/mol. The lowest BCUT2D eigenvalue weighted by atomic mass is 10.2. The van der Waals surface area contributed by atoms with Gasteiger partial charge >= 0.3 is 11.9 Å². The van der Waals surface area contributed by atoms with Gasteiger partial charge in [0, 0.05) is 6.07 Å². The van der Waals surface area contributed by atoms with Gasteiger partial charge in [0.1, 0.15) is 17.6 Å². The van der Waals surface area contributed by atoms with Crippen LogP contribution in [0, 0.1) is 0 Å². The summed E-state index contributed by atoms with van der Waals surface area (Å²) >= 11 is 0. The fraction of sp³-hybridized carbons (Fsp3) is 0.200. The highest BCUT2D eigenvalue weighted by Gasteiger charge is 2.04. The van der Waals surface area contributed by atoms with E-state index in [0.717, 1.165) is 18.2 Å². The van der Waals surface area contributed by atoms with Crippen LogP contribution in [-0.2, 0) is 4.79 Å². The number of phenolic OH excluding ortho intramolecular Hbond substituents is 2. The van der Waals surface area contributed by atoms with Gasteiger partial charge in [0.25, 0.3) is 0 Å². The Hall–Kier alpha value is -2.28. The molecule has 5 N–H and O–H groups in total. The summed E-state index contributed by atoms with van der Waals surface area (Å²) in [7, 11) is 0. The number of rotatable bonds is 2.